The van der Waals surface area contributed by atoms with Crippen LogP contribution in [-0.4, -0.2) is 64.1 Å². The van der Waals surface area contributed by atoms with Gasteiger partial charge in [-0.05, 0) is 44.6 Å². The highest BCUT2D eigenvalue weighted by Crippen LogP contribution is 2.38. The van der Waals surface area contributed by atoms with Crippen LogP contribution in [0.3, 0.4) is 0 Å². The van der Waals surface area contributed by atoms with E-state index in [4.69, 9.17) is 18.5 Å². The van der Waals surface area contributed by atoms with Crippen LogP contribution >= 0.6 is 7.82 Å². The van der Waals surface area contributed by atoms with Gasteiger partial charge >= 0.3 is 5.97 Å². The number of ether oxygens (including phenoxy) is 2. The highest BCUT2D eigenvalue weighted by molar-refractivity contribution is 7.45. The Morgan fingerprint density at radius 2 is 0.869 bits per heavy atom. The number of rotatable bonds is 49. The van der Waals surface area contributed by atoms with Crippen LogP contribution in [0.25, 0.3) is 0 Å². The van der Waals surface area contributed by atoms with Crippen LogP contribution in [0.1, 0.15) is 251 Å². The summed E-state index contributed by atoms with van der Waals surface area (Å²) in [4.78, 5) is 25.1. The summed E-state index contributed by atoms with van der Waals surface area (Å²) in [5, 5.41) is 0. The van der Waals surface area contributed by atoms with Gasteiger partial charge in [0.2, 0.25) is 0 Å². The molecule has 0 saturated heterocycles. The normalized spacial score (nSPS) is 13.7. The second-order valence-corrected chi connectivity index (χ2v) is 20.4. The maximum atomic E-state index is 12.7. The maximum Gasteiger partial charge on any atom is 0.306 e. The smallest absolute Gasteiger partial charge is 0.306 e. The molecule has 9 heteroatoms. The zero-order chi connectivity index (χ0) is 44.8. The predicted octanol–water partition coefficient (Wildman–Crippen LogP) is 15.7. The second kappa shape index (κ2) is 45.4. The molecule has 0 heterocycles. The Bertz CT molecular complexity index is 1030. The fourth-order valence-electron chi connectivity index (χ4n) is 7.52. The summed E-state index contributed by atoms with van der Waals surface area (Å²) in [6.45, 7) is 4.75. The summed E-state index contributed by atoms with van der Waals surface area (Å²) in [6, 6.07) is 0. The zero-order valence-electron chi connectivity index (χ0n) is 41.1. The van der Waals surface area contributed by atoms with Crippen molar-refractivity contribution in [3.05, 3.63) is 24.5 Å². The number of quaternary nitrogens is 1. The summed E-state index contributed by atoms with van der Waals surface area (Å²) < 4.78 is 34.4. The topological polar surface area (TPSA) is 94.1 Å². The third-order valence-corrected chi connectivity index (χ3v) is 12.5. The molecule has 0 rings (SSSR count). The maximum absolute atomic E-state index is 12.7. The van der Waals surface area contributed by atoms with Crippen LogP contribution in [0.15, 0.2) is 24.5 Å². The van der Waals surface area contributed by atoms with Crippen molar-refractivity contribution < 1.29 is 37.3 Å². The Balaban J connectivity index is 4.15. The molecule has 2 atom stereocenters. The monoisotopic (exact) mass is 884 g/mol. The van der Waals surface area contributed by atoms with E-state index >= 15 is 0 Å². The predicted molar refractivity (Wildman–Crippen MR) is 259 cm³/mol. The molecule has 362 valence electrons. The van der Waals surface area contributed by atoms with Gasteiger partial charge in [0.05, 0.1) is 34.0 Å². The third kappa shape index (κ3) is 49.7. The van der Waals surface area contributed by atoms with Crippen molar-refractivity contribution in [3.63, 3.8) is 0 Å². The summed E-state index contributed by atoms with van der Waals surface area (Å²) in [7, 11) is 1.32. The van der Waals surface area contributed by atoms with Crippen LogP contribution in [0, 0.1) is 0 Å². The quantitative estimate of drug-likeness (QED) is 0.0150. The molecular formula is C52H102NO7P. The highest BCUT2D eigenvalue weighted by Gasteiger charge is 2.20. The molecule has 0 aromatic carbocycles. The standard InChI is InChI=1S/C52H102NO7P/c1-6-8-10-12-14-16-18-20-22-24-25-26-27-28-29-30-31-33-35-37-39-41-43-45-52(54)60-51(50-59-61(55,56)58-48-46-53(3,4)5)49-57-47-44-42-40-38-36-34-32-23-21-19-17-15-13-11-9-7-2/h37,39,44,47,51H,6-36,38,40-43,45-46,48-50H2,1-5H3/b39-37+,47-44+/t51-/m1/s1. The van der Waals surface area contributed by atoms with Gasteiger partial charge in [0.25, 0.3) is 7.82 Å². The molecule has 0 N–H and O–H groups in total. The van der Waals surface area contributed by atoms with Gasteiger partial charge in [0.1, 0.15) is 19.8 Å². The lowest BCUT2D eigenvalue weighted by molar-refractivity contribution is -0.870. The Morgan fingerprint density at radius 3 is 1.26 bits per heavy atom. The van der Waals surface area contributed by atoms with Gasteiger partial charge in [-0.25, -0.2) is 0 Å². The largest absolute Gasteiger partial charge is 0.756 e. The van der Waals surface area contributed by atoms with Crippen LogP contribution < -0.4 is 4.89 Å². The van der Waals surface area contributed by atoms with Crippen molar-refractivity contribution in [3.8, 4) is 0 Å². The summed E-state index contributed by atoms with van der Waals surface area (Å²) >= 11 is 0. The summed E-state index contributed by atoms with van der Waals surface area (Å²) in [5.41, 5.74) is 0. The van der Waals surface area contributed by atoms with Gasteiger partial charge in [0.15, 0.2) is 6.10 Å². The number of allylic oxidation sites excluding steroid dienone is 3. The van der Waals surface area contributed by atoms with E-state index in [1.165, 1.54) is 199 Å². The van der Waals surface area contributed by atoms with Crippen LogP contribution in [-0.2, 0) is 27.9 Å². The number of unbranched alkanes of at least 4 members (excludes halogenated alkanes) is 33. The van der Waals surface area contributed by atoms with E-state index < -0.39 is 13.9 Å². The van der Waals surface area contributed by atoms with Crippen molar-refractivity contribution in [1.29, 1.82) is 0 Å². The Kier molecular flexibility index (Phi) is 44.5. The number of likely N-dealkylation sites (N-methyl/N-ethyl adjacent to an activating group) is 1. The molecule has 0 aliphatic rings. The molecule has 8 nitrogen and oxygen atoms in total. The molecule has 0 bridgehead atoms. The molecule has 1 unspecified atom stereocenters. The minimum Gasteiger partial charge on any atom is -0.756 e. The number of phosphoric ester groups is 1. The molecule has 0 fully saturated rings. The van der Waals surface area contributed by atoms with E-state index in [0.717, 1.165) is 25.7 Å². The van der Waals surface area contributed by atoms with Crippen molar-refractivity contribution >= 4 is 13.8 Å². The third-order valence-electron chi connectivity index (χ3n) is 11.6. The van der Waals surface area contributed by atoms with E-state index in [1.807, 2.05) is 27.2 Å². The SMILES string of the molecule is CCCCCCCCCCCCCCCC/C=C/OC[C@H](COP(=O)([O-])OCC[N+](C)(C)C)OC(=O)CCC/C=C/CCCCCCCCCCCCCCCCCCCC. The first-order valence-corrected chi connectivity index (χ1v) is 27.6. The van der Waals surface area contributed by atoms with Gasteiger partial charge in [0, 0.05) is 6.42 Å². The molecule has 0 aromatic rings. The van der Waals surface area contributed by atoms with Crippen molar-refractivity contribution in [2.45, 2.75) is 258 Å². The number of carbonyl (C=O) groups is 1. The van der Waals surface area contributed by atoms with Gasteiger partial charge in [-0.15, -0.1) is 0 Å². The molecular weight excluding hydrogens is 782 g/mol. The van der Waals surface area contributed by atoms with Crippen molar-refractivity contribution in [2.24, 2.45) is 0 Å². The van der Waals surface area contributed by atoms with Gasteiger partial charge in [-0.3, -0.25) is 9.36 Å². The van der Waals surface area contributed by atoms with Gasteiger partial charge < -0.3 is 27.9 Å². The lowest BCUT2D eigenvalue weighted by atomic mass is 10.0. The Labute approximate surface area is 379 Å². The second-order valence-electron chi connectivity index (χ2n) is 19.0. The first-order valence-electron chi connectivity index (χ1n) is 26.1. The van der Waals surface area contributed by atoms with E-state index in [-0.39, 0.29) is 32.2 Å². The number of carbonyl (C=O) groups excluding carboxylic acids is 1. The van der Waals surface area contributed by atoms with Crippen LogP contribution in [0.2, 0.25) is 0 Å². The lowest BCUT2D eigenvalue weighted by Crippen LogP contribution is -2.37. The van der Waals surface area contributed by atoms with Crippen LogP contribution in [0.5, 0.6) is 0 Å². The number of hydrogen-bond donors (Lipinski definition) is 0. The van der Waals surface area contributed by atoms with Crippen LogP contribution in [0.4, 0.5) is 0 Å². The first kappa shape index (κ1) is 59.8. The number of esters is 1. The number of hydrogen-bond acceptors (Lipinski definition) is 7. The van der Waals surface area contributed by atoms with Gasteiger partial charge in [-0.1, -0.05) is 219 Å². The molecule has 0 aromatic heterocycles. The lowest BCUT2D eigenvalue weighted by Gasteiger charge is -2.28. The van der Waals surface area contributed by atoms with Crippen molar-refractivity contribution in [1.82, 2.24) is 0 Å². The Morgan fingerprint density at radius 1 is 0.508 bits per heavy atom. The molecule has 0 radical (unpaired) electrons. The fourth-order valence-corrected chi connectivity index (χ4v) is 8.25. The average Bonchev–Trinajstić information content (AvgIpc) is 3.22. The highest BCUT2D eigenvalue weighted by atomic mass is 31.2. The summed E-state index contributed by atoms with van der Waals surface area (Å²) in [5.74, 6) is -0.382. The summed E-state index contributed by atoms with van der Waals surface area (Å²) in [6.07, 6.45) is 54.6. The molecule has 0 aliphatic heterocycles. The van der Waals surface area contributed by atoms with Crippen molar-refractivity contribution in [2.75, 3.05) is 47.5 Å². The minimum absolute atomic E-state index is 0.0131. The van der Waals surface area contributed by atoms with E-state index in [2.05, 4.69) is 26.0 Å². The number of phosphoric acid groups is 1. The first-order chi connectivity index (χ1) is 29.6. The molecule has 0 saturated carbocycles. The Hall–Kier alpha value is -1.18. The molecule has 0 aliphatic carbocycles. The minimum atomic E-state index is -4.55. The van der Waals surface area contributed by atoms with E-state index in [0.29, 0.717) is 17.4 Å². The molecule has 61 heavy (non-hydrogen) atoms. The van der Waals surface area contributed by atoms with E-state index in [9.17, 15) is 14.3 Å². The van der Waals surface area contributed by atoms with E-state index in [1.54, 1.807) is 6.26 Å². The van der Waals surface area contributed by atoms with Gasteiger partial charge in [-0.2, -0.15) is 0 Å². The fraction of sp³-hybridized carbons (Fsp3) is 0.904. The zero-order valence-corrected chi connectivity index (χ0v) is 42.0. The molecule has 0 spiro atoms. The molecule has 0 amide bonds. The average molecular weight is 884 g/mol. The number of nitrogens with zero attached hydrogens (tertiary/aromatic N) is 1.